The third kappa shape index (κ3) is 5.20. The largest absolute Gasteiger partial charge is 0.454 e. The van der Waals surface area contributed by atoms with E-state index in [1.807, 2.05) is 47.1 Å². The van der Waals surface area contributed by atoms with Crippen LogP contribution in [0.15, 0.2) is 83.7 Å². The van der Waals surface area contributed by atoms with Crippen LogP contribution in [0.5, 0.6) is 11.5 Å². The first-order valence-electron chi connectivity index (χ1n) is 14.3. The number of fused-ring (bicyclic) bond motifs is 2. The minimum Gasteiger partial charge on any atom is -0.454 e. The summed E-state index contributed by atoms with van der Waals surface area (Å²) in [4.78, 5) is 19.4. The van der Waals surface area contributed by atoms with Crippen LogP contribution in [0, 0.1) is 0 Å². The van der Waals surface area contributed by atoms with Gasteiger partial charge in [0.05, 0.1) is 11.6 Å². The molecule has 9 nitrogen and oxygen atoms in total. The van der Waals surface area contributed by atoms with Crippen molar-refractivity contribution in [2.24, 2.45) is 0 Å². The van der Waals surface area contributed by atoms with Crippen LogP contribution in [-0.4, -0.2) is 43.4 Å². The molecule has 9 heteroatoms. The molecule has 2 aliphatic rings. The molecule has 5 aromatic rings. The van der Waals surface area contributed by atoms with E-state index in [9.17, 15) is 4.79 Å². The highest BCUT2D eigenvalue weighted by Crippen LogP contribution is 2.38. The van der Waals surface area contributed by atoms with Gasteiger partial charge in [0.25, 0.3) is 5.56 Å². The lowest BCUT2D eigenvalue weighted by Crippen LogP contribution is -2.36. The maximum atomic E-state index is 13.9. The summed E-state index contributed by atoms with van der Waals surface area (Å²) < 4.78 is 13.2. The molecular formula is C32H32N6O3. The van der Waals surface area contributed by atoms with Crippen molar-refractivity contribution in [2.75, 3.05) is 13.3 Å². The van der Waals surface area contributed by atoms with E-state index in [4.69, 9.17) is 9.47 Å². The molecule has 0 spiro atoms. The lowest BCUT2D eigenvalue weighted by molar-refractivity contribution is 0.174. The van der Waals surface area contributed by atoms with E-state index in [2.05, 4.69) is 61.8 Å². The first-order valence-corrected chi connectivity index (χ1v) is 14.3. The number of hydrogen-bond acceptors (Lipinski definition) is 7. The predicted molar refractivity (Wildman–Crippen MR) is 155 cm³/mol. The summed E-state index contributed by atoms with van der Waals surface area (Å²) in [5, 5.41) is 14.1. The van der Waals surface area contributed by atoms with Crippen LogP contribution in [0.4, 0.5) is 0 Å². The van der Waals surface area contributed by atoms with Gasteiger partial charge in [-0.25, -0.2) is 4.68 Å². The van der Waals surface area contributed by atoms with Crippen LogP contribution in [0.2, 0.25) is 0 Å². The molecule has 7 rings (SSSR count). The second kappa shape index (κ2) is 11.2. The van der Waals surface area contributed by atoms with E-state index < -0.39 is 6.04 Å². The molecule has 41 heavy (non-hydrogen) atoms. The molecule has 1 fully saturated rings. The van der Waals surface area contributed by atoms with Gasteiger partial charge in [0.2, 0.25) is 6.79 Å². The quantitative estimate of drug-likeness (QED) is 0.271. The number of nitrogens with zero attached hydrogens (tertiary/aromatic N) is 5. The number of nitrogens with one attached hydrogen (secondary N) is 1. The Balaban J connectivity index is 1.37. The van der Waals surface area contributed by atoms with Crippen LogP contribution >= 0.6 is 0 Å². The van der Waals surface area contributed by atoms with Crippen molar-refractivity contribution in [2.45, 2.75) is 50.7 Å². The van der Waals surface area contributed by atoms with Gasteiger partial charge in [-0.1, -0.05) is 73.5 Å². The number of benzene rings is 3. The molecule has 3 heterocycles. The molecule has 1 saturated carbocycles. The Kier molecular flexibility index (Phi) is 6.94. The highest BCUT2D eigenvalue weighted by molar-refractivity contribution is 5.83. The Hall–Kier alpha value is -4.50. The number of ether oxygens (including phenoxy) is 2. The molecule has 0 bridgehead atoms. The highest BCUT2D eigenvalue weighted by Gasteiger charge is 2.33. The topological polar surface area (TPSA) is 98.2 Å². The number of aromatic amines is 1. The number of pyridine rings is 1. The first-order chi connectivity index (χ1) is 20.2. The standard InChI is InChI=1S/C32H32N6O3/c39-32-26(17-24-18-28-29(41-21-40-28)19-27(24)33-32)30(31-34-35-36-38(31)25-13-7-8-14-25)37(20-23-11-5-2-6-12-23)16-15-22-9-3-1-4-10-22/h1-6,9-12,17-19,25,30H,7-8,13-16,20-21H2,(H,33,39)/t30-/m1/s1. The van der Waals surface area contributed by atoms with Crippen LogP contribution in [0.25, 0.3) is 10.9 Å². The summed E-state index contributed by atoms with van der Waals surface area (Å²) >= 11 is 0. The van der Waals surface area contributed by atoms with Gasteiger partial charge in [-0.15, -0.1) is 5.10 Å². The predicted octanol–water partition coefficient (Wildman–Crippen LogP) is 5.19. The lowest BCUT2D eigenvalue weighted by atomic mass is 10.0. The summed E-state index contributed by atoms with van der Waals surface area (Å²) in [5.74, 6) is 2.01. The number of tetrazole rings is 1. The van der Waals surface area contributed by atoms with Gasteiger partial charge in [0.15, 0.2) is 17.3 Å². The van der Waals surface area contributed by atoms with Gasteiger partial charge in [-0.2, -0.15) is 0 Å². The van der Waals surface area contributed by atoms with Gasteiger partial charge >= 0.3 is 0 Å². The second-order valence-corrected chi connectivity index (χ2v) is 10.9. The summed E-state index contributed by atoms with van der Waals surface area (Å²) in [6, 6.07) is 26.3. The molecule has 1 atom stereocenters. The molecule has 3 aromatic carbocycles. The van der Waals surface area contributed by atoms with Crippen molar-refractivity contribution in [3.63, 3.8) is 0 Å². The Labute approximate surface area is 237 Å². The summed E-state index contributed by atoms with van der Waals surface area (Å²) in [6.45, 7) is 1.51. The fraction of sp³-hybridized carbons (Fsp3) is 0.312. The second-order valence-electron chi connectivity index (χ2n) is 10.9. The molecular weight excluding hydrogens is 516 g/mol. The molecule has 1 N–H and O–H groups in total. The van der Waals surface area contributed by atoms with E-state index >= 15 is 0 Å². The molecule has 1 aliphatic carbocycles. The van der Waals surface area contributed by atoms with Gasteiger partial charge in [-0.05, 0) is 52.9 Å². The van der Waals surface area contributed by atoms with Gasteiger partial charge < -0.3 is 14.5 Å². The molecule has 2 aromatic heterocycles. The third-order valence-electron chi connectivity index (χ3n) is 8.22. The molecule has 208 valence electrons. The van der Waals surface area contributed by atoms with Crippen molar-refractivity contribution in [1.82, 2.24) is 30.1 Å². The van der Waals surface area contributed by atoms with E-state index in [1.165, 1.54) is 5.56 Å². The van der Waals surface area contributed by atoms with Crippen molar-refractivity contribution in [1.29, 1.82) is 0 Å². The summed E-state index contributed by atoms with van der Waals surface area (Å²) in [7, 11) is 0. The Morgan fingerprint density at radius 3 is 2.39 bits per heavy atom. The third-order valence-corrected chi connectivity index (χ3v) is 8.22. The minimum atomic E-state index is -0.465. The van der Waals surface area contributed by atoms with Gasteiger partial charge in [0, 0.05) is 30.1 Å². The normalized spacial score (nSPS) is 15.6. The van der Waals surface area contributed by atoms with Crippen molar-refractivity contribution < 1.29 is 9.47 Å². The maximum absolute atomic E-state index is 13.9. The summed E-state index contributed by atoms with van der Waals surface area (Å²) in [6.07, 6.45) is 5.19. The van der Waals surface area contributed by atoms with E-state index in [1.54, 1.807) is 0 Å². The fourth-order valence-electron chi connectivity index (χ4n) is 6.14. The Bertz CT molecular complexity index is 1700. The van der Waals surface area contributed by atoms with E-state index in [0.29, 0.717) is 41.5 Å². The summed E-state index contributed by atoms with van der Waals surface area (Å²) in [5.41, 5.74) is 3.54. The van der Waals surface area contributed by atoms with Crippen LogP contribution in [0.1, 0.15) is 60.3 Å². The average molecular weight is 549 g/mol. The van der Waals surface area contributed by atoms with Crippen molar-refractivity contribution >= 4 is 10.9 Å². The Morgan fingerprint density at radius 2 is 1.63 bits per heavy atom. The lowest BCUT2D eigenvalue weighted by Gasteiger charge is -2.32. The van der Waals surface area contributed by atoms with Crippen molar-refractivity contribution in [3.8, 4) is 11.5 Å². The molecule has 0 amide bonds. The van der Waals surface area contributed by atoms with Crippen LogP contribution in [-0.2, 0) is 13.0 Å². The first kappa shape index (κ1) is 25.5. The monoisotopic (exact) mass is 548 g/mol. The van der Waals surface area contributed by atoms with Gasteiger partial charge in [0.1, 0.15) is 6.04 Å². The zero-order valence-electron chi connectivity index (χ0n) is 22.8. The highest BCUT2D eigenvalue weighted by atomic mass is 16.7. The number of hydrogen-bond donors (Lipinski definition) is 1. The van der Waals surface area contributed by atoms with E-state index in [-0.39, 0.29) is 18.4 Å². The molecule has 0 saturated heterocycles. The number of aromatic nitrogens is 5. The van der Waals surface area contributed by atoms with E-state index in [0.717, 1.165) is 43.1 Å². The Morgan fingerprint density at radius 1 is 0.927 bits per heavy atom. The minimum absolute atomic E-state index is 0.167. The smallest absolute Gasteiger partial charge is 0.253 e. The molecule has 1 aliphatic heterocycles. The van der Waals surface area contributed by atoms with Gasteiger partial charge in [-0.3, -0.25) is 9.69 Å². The molecule has 0 unspecified atom stereocenters. The average Bonchev–Trinajstić information content (AvgIpc) is 3.78. The molecule has 0 radical (unpaired) electrons. The van der Waals surface area contributed by atoms with Crippen LogP contribution in [0.3, 0.4) is 0 Å². The number of rotatable bonds is 9. The number of H-pyrrole nitrogens is 1. The fourth-order valence-corrected chi connectivity index (χ4v) is 6.14. The van der Waals surface area contributed by atoms with Crippen LogP contribution < -0.4 is 15.0 Å². The zero-order chi connectivity index (χ0) is 27.6. The SMILES string of the molecule is O=c1[nH]c2cc3c(cc2cc1[C@H](c1nnnn1C1CCCC1)N(CCc1ccccc1)Cc1ccccc1)OCO3. The zero-order valence-corrected chi connectivity index (χ0v) is 22.8. The van der Waals surface area contributed by atoms with Crippen molar-refractivity contribution in [3.05, 3.63) is 112 Å². The maximum Gasteiger partial charge on any atom is 0.253 e.